The third-order valence-corrected chi connectivity index (χ3v) is 6.61. The number of nitrogens with zero attached hydrogens (tertiary/aromatic N) is 1. The highest BCUT2D eigenvalue weighted by Gasteiger charge is 2.18. The number of hydrogen-bond acceptors (Lipinski definition) is 5. The number of rotatable bonds is 11. The maximum absolute atomic E-state index is 15.2. The van der Waals surface area contributed by atoms with Gasteiger partial charge < -0.3 is 9.84 Å². The molecule has 0 unspecified atom stereocenters. The molecule has 0 saturated heterocycles. The SMILES string of the molecule is C/C(=C\c1c(F)cc(C(=O)Nc2nc(-c3cccc(CCCOCCC(C)(C)C)c3F)cs2)cc1F)C(=O)O. The fraction of sp³-hybridized carbons (Fsp3) is 0.345. The van der Waals surface area contributed by atoms with Gasteiger partial charge in [0.05, 0.1) is 5.69 Å². The molecule has 0 fully saturated rings. The lowest BCUT2D eigenvalue weighted by Gasteiger charge is -2.17. The third-order valence-electron chi connectivity index (χ3n) is 5.85. The quantitative estimate of drug-likeness (QED) is 0.189. The highest BCUT2D eigenvalue weighted by molar-refractivity contribution is 7.14. The lowest BCUT2D eigenvalue weighted by atomic mass is 9.93. The number of ether oxygens (including phenoxy) is 1. The fourth-order valence-electron chi connectivity index (χ4n) is 3.57. The summed E-state index contributed by atoms with van der Waals surface area (Å²) < 4.78 is 49.7. The Morgan fingerprint density at radius 3 is 2.46 bits per heavy atom. The van der Waals surface area contributed by atoms with Crippen molar-refractivity contribution in [3.8, 4) is 11.3 Å². The summed E-state index contributed by atoms with van der Waals surface area (Å²) in [6.07, 6.45) is 2.96. The Morgan fingerprint density at radius 1 is 1.13 bits per heavy atom. The van der Waals surface area contributed by atoms with Crippen LogP contribution >= 0.6 is 11.3 Å². The van der Waals surface area contributed by atoms with Crippen molar-refractivity contribution in [2.45, 2.75) is 47.0 Å². The van der Waals surface area contributed by atoms with Gasteiger partial charge in [-0.15, -0.1) is 11.3 Å². The second kappa shape index (κ2) is 13.0. The van der Waals surface area contributed by atoms with E-state index in [0.717, 1.165) is 36.0 Å². The average Bonchev–Trinajstić information content (AvgIpc) is 3.31. The molecule has 2 N–H and O–H groups in total. The van der Waals surface area contributed by atoms with Crippen LogP contribution in [0.25, 0.3) is 17.3 Å². The number of hydrogen-bond donors (Lipinski definition) is 2. The van der Waals surface area contributed by atoms with Gasteiger partial charge in [0, 0.05) is 40.9 Å². The Balaban J connectivity index is 1.66. The van der Waals surface area contributed by atoms with Crippen LogP contribution in [0, 0.1) is 22.9 Å². The largest absolute Gasteiger partial charge is 0.478 e. The maximum atomic E-state index is 15.2. The Bertz CT molecular complexity index is 1360. The Labute approximate surface area is 229 Å². The van der Waals surface area contributed by atoms with Gasteiger partial charge in [-0.1, -0.05) is 32.9 Å². The van der Waals surface area contributed by atoms with Gasteiger partial charge in [0.15, 0.2) is 5.13 Å². The number of aliphatic carboxylic acids is 1. The highest BCUT2D eigenvalue weighted by Crippen LogP contribution is 2.29. The molecule has 3 rings (SSSR count). The molecule has 1 aromatic heterocycles. The molecule has 0 aliphatic carbocycles. The standard InChI is InChI=1S/C29H31F3N2O4S/c1-17(27(36)37)13-21-22(30)14-19(15-23(21)31)26(35)34-28-33-24(16-39-28)20-9-5-7-18(25(20)32)8-6-11-38-12-10-29(2,3)4/h5,7,9,13-16H,6,8,10-12H2,1-4H3,(H,36,37)(H,33,34,35)/b17-13+. The summed E-state index contributed by atoms with van der Waals surface area (Å²) in [5, 5.41) is 13.1. The van der Waals surface area contributed by atoms with Gasteiger partial charge in [0.25, 0.3) is 5.91 Å². The first-order chi connectivity index (χ1) is 18.4. The molecule has 0 saturated carbocycles. The number of carboxylic acids is 1. The molecule has 2 aromatic carbocycles. The molecule has 39 heavy (non-hydrogen) atoms. The second-order valence-corrected chi connectivity index (χ2v) is 11.1. The molecule has 10 heteroatoms. The zero-order chi connectivity index (χ0) is 28.7. The van der Waals surface area contributed by atoms with Gasteiger partial charge in [0.2, 0.25) is 0 Å². The van der Waals surface area contributed by atoms with Crippen LogP contribution in [0.4, 0.5) is 18.3 Å². The topological polar surface area (TPSA) is 88.5 Å². The number of anilines is 1. The minimum absolute atomic E-state index is 0.124. The molecule has 0 bridgehead atoms. The molecule has 0 aliphatic heterocycles. The zero-order valence-corrected chi connectivity index (χ0v) is 23.1. The van der Waals surface area contributed by atoms with Crippen molar-refractivity contribution in [2.24, 2.45) is 5.41 Å². The molecule has 1 amide bonds. The monoisotopic (exact) mass is 560 g/mol. The van der Waals surface area contributed by atoms with E-state index in [9.17, 15) is 18.4 Å². The minimum Gasteiger partial charge on any atom is -0.478 e. The lowest BCUT2D eigenvalue weighted by Crippen LogP contribution is -2.13. The Hall–Kier alpha value is -3.50. The van der Waals surface area contributed by atoms with Crippen molar-refractivity contribution in [1.29, 1.82) is 0 Å². The van der Waals surface area contributed by atoms with Crippen LogP contribution in [0.15, 0.2) is 41.3 Å². The van der Waals surface area contributed by atoms with E-state index in [-0.39, 0.29) is 27.2 Å². The van der Waals surface area contributed by atoms with Gasteiger partial charge in [-0.05, 0) is 61.4 Å². The summed E-state index contributed by atoms with van der Waals surface area (Å²) in [6.45, 7) is 8.83. The van der Waals surface area contributed by atoms with Gasteiger partial charge in [0.1, 0.15) is 17.5 Å². The maximum Gasteiger partial charge on any atom is 0.331 e. The van der Waals surface area contributed by atoms with Crippen molar-refractivity contribution < 1.29 is 32.6 Å². The summed E-state index contributed by atoms with van der Waals surface area (Å²) in [7, 11) is 0. The van der Waals surface area contributed by atoms with E-state index >= 15 is 4.39 Å². The number of carbonyl (C=O) groups is 2. The summed E-state index contributed by atoms with van der Waals surface area (Å²) >= 11 is 1.04. The molecule has 0 atom stereocenters. The molecule has 6 nitrogen and oxygen atoms in total. The van der Waals surface area contributed by atoms with Gasteiger partial charge in [-0.3, -0.25) is 10.1 Å². The van der Waals surface area contributed by atoms with Crippen molar-refractivity contribution in [3.63, 3.8) is 0 Å². The third kappa shape index (κ3) is 8.49. The molecule has 3 aromatic rings. The summed E-state index contributed by atoms with van der Waals surface area (Å²) in [5.74, 6) is -4.71. The van der Waals surface area contributed by atoms with Crippen LogP contribution in [0.3, 0.4) is 0 Å². The number of amides is 1. The first kappa shape index (κ1) is 30.0. The first-order valence-corrected chi connectivity index (χ1v) is 13.3. The summed E-state index contributed by atoms with van der Waals surface area (Å²) in [6, 6.07) is 6.66. The molecular formula is C29H31F3N2O4S. The van der Waals surface area contributed by atoms with Crippen LogP contribution in [-0.4, -0.2) is 35.2 Å². The van der Waals surface area contributed by atoms with E-state index in [0.29, 0.717) is 37.3 Å². The van der Waals surface area contributed by atoms with Crippen LogP contribution in [0.1, 0.15) is 62.0 Å². The first-order valence-electron chi connectivity index (χ1n) is 12.4. The molecule has 0 radical (unpaired) electrons. The molecule has 0 aliphatic rings. The Kier molecular flexibility index (Phi) is 10.0. The molecule has 0 spiro atoms. The lowest BCUT2D eigenvalue weighted by molar-refractivity contribution is -0.132. The van der Waals surface area contributed by atoms with Crippen LogP contribution in [0.5, 0.6) is 0 Å². The second-order valence-electron chi connectivity index (χ2n) is 10.3. The Morgan fingerprint density at radius 2 is 1.82 bits per heavy atom. The number of aryl methyl sites for hydroxylation is 1. The van der Waals surface area contributed by atoms with Crippen LogP contribution < -0.4 is 5.32 Å². The molecule has 1 heterocycles. The number of aromatic nitrogens is 1. The minimum atomic E-state index is -1.32. The van der Waals surface area contributed by atoms with Crippen molar-refractivity contribution >= 4 is 34.4 Å². The predicted molar refractivity (Wildman–Crippen MR) is 146 cm³/mol. The number of thiazole rings is 1. The molecule has 208 valence electrons. The van der Waals surface area contributed by atoms with E-state index in [1.54, 1.807) is 23.6 Å². The van der Waals surface area contributed by atoms with Crippen LogP contribution in [0.2, 0.25) is 0 Å². The normalized spacial score (nSPS) is 12.0. The van der Waals surface area contributed by atoms with Crippen molar-refractivity contribution in [3.05, 3.63) is 75.4 Å². The van der Waals surface area contributed by atoms with Crippen molar-refractivity contribution in [1.82, 2.24) is 4.98 Å². The number of halogens is 3. The summed E-state index contributed by atoms with van der Waals surface area (Å²) in [4.78, 5) is 27.8. The highest BCUT2D eigenvalue weighted by atomic mass is 32.1. The number of carbonyl (C=O) groups excluding carboxylic acids is 1. The van der Waals surface area contributed by atoms with Gasteiger partial charge >= 0.3 is 5.97 Å². The predicted octanol–water partition coefficient (Wildman–Crippen LogP) is 7.35. The van der Waals surface area contributed by atoms with Crippen molar-refractivity contribution in [2.75, 3.05) is 18.5 Å². The zero-order valence-electron chi connectivity index (χ0n) is 22.2. The summed E-state index contributed by atoms with van der Waals surface area (Å²) in [5.41, 5.74) is 0.186. The van der Waals surface area contributed by atoms with E-state index in [1.807, 2.05) is 0 Å². The van der Waals surface area contributed by atoms with Gasteiger partial charge in [-0.2, -0.15) is 0 Å². The smallest absolute Gasteiger partial charge is 0.331 e. The molecular weight excluding hydrogens is 529 g/mol. The average molecular weight is 561 g/mol. The van der Waals surface area contributed by atoms with Crippen LogP contribution in [-0.2, 0) is 16.0 Å². The number of nitrogens with one attached hydrogen (secondary N) is 1. The van der Waals surface area contributed by atoms with Gasteiger partial charge in [-0.25, -0.2) is 22.9 Å². The number of benzene rings is 2. The van der Waals surface area contributed by atoms with E-state index in [1.165, 1.54) is 6.92 Å². The van der Waals surface area contributed by atoms with E-state index in [2.05, 4.69) is 31.1 Å². The fourth-order valence-corrected chi connectivity index (χ4v) is 4.28. The number of carboxylic acid groups (broad SMARTS) is 1. The van der Waals surface area contributed by atoms with E-state index < -0.39 is 34.9 Å². The van der Waals surface area contributed by atoms with E-state index in [4.69, 9.17) is 9.84 Å².